The Labute approximate surface area is 115 Å². The van der Waals surface area contributed by atoms with Crippen LogP contribution in [0.25, 0.3) is 4.96 Å². The summed E-state index contributed by atoms with van der Waals surface area (Å²) in [6, 6.07) is 4.00. The van der Waals surface area contributed by atoms with Gasteiger partial charge in [-0.05, 0) is 19.1 Å². The molecule has 0 saturated carbocycles. The van der Waals surface area contributed by atoms with E-state index in [0.717, 1.165) is 41.5 Å². The van der Waals surface area contributed by atoms with Crippen LogP contribution >= 0.6 is 11.3 Å². The predicted octanol–water partition coefficient (Wildman–Crippen LogP) is 2.06. The zero-order valence-electron chi connectivity index (χ0n) is 10.7. The average Bonchev–Trinajstić information content (AvgIpc) is 3.04. The minimum Gasteiger partial charge on any atom is -0.469 e. The summed E-state index contributed by atoms with van der Waals surface area (Å²) in [5, 5.41) is 6.62. The Morgan fingerprint density at radius 3 is 3.11 bits per heavy atom. The number of hydrogen-bond donors (Lipinski definition) is 1. The van der Waals surface area contributed by atoms with Gasteiger partial charge in [0, 0.05) is 30.7 Å². The molecular formula is C13H16N4OS. The molecule has 0 amide bonds. The quantitative estimate of drug-likeness (QED) is 0.774. The lowest BCUT2D eigenvalue weighted by molar-refractivity contribution is 0.506. The summed E-state index contributed by atoms with van der Waals surface area (Å²) >= 11 is 1.61. The molecule has 1 unspecified atom stereocenters. The fourth-order valence-corrected chi connectivity index (χ4v) is 2.89. The monoisotopic (exact) mass is 276 g/mol. The second kappa shape index (κ2) is 5.14. The van der Waals surface area contributed by atoms with Gasteiger partial charge in [0.25, 0.3) is 0 Å². The number of furan rings is 1. The lowest BCUT2D eigenvalue weighted by Crippen LogP contribution is -2.18. The number of nitrogens with two attached hydrogens (primary N) is 1. The molecule has 3 aromatic rings. The Morgan fingerprint density at radius 2 is 2.37 bits per heavy atom. The van der Waals surface area contributed by atoms with Crippen LogP contribution in [0.5, 0.6) is 0 Å². The molecule has 1 atom stereocenters. The maximum atomic E-state index is 5.84. The van der Waals surface area contributed by atoms with E-state index in [9.17, 15) is 0 Å². The molecule has 0 aliphatic carbocycles. The number of aryl methyl sites for hydroxylation is 2. The van der Waals surface area contributed by atoms with E-state index in [4.69, 9.17) is 10.2 Å². The molecule has 100 valence electrons. The summed E-state index contributed by atoms with van der Waals surface area (Å²) < 4.78 is 7.22. The third-order valence-electron chi connectivity index (χ3n) is 2.90. The summed E-state index contributed by atoms with van der Waals surface area (Å²) in [6.07, 6.45) is 4.13. The van der Waals surface area contributed by atoms with Crippen LogP contribution in [0.1, 0.15) is 24.2 Å². The molecule has 0 fully saturated rings. The van der Waals surface area contributed by atoms with Crippen molar-refractivity contribution in [3.63, 3.8) is 0 Å². The smallest absolute Gasteiger partial charge is 0.212 e. The molecule has 0 spiro atoms. The van der Waals surface area contributed by atoms with Crippen LogP contribution in [0.4, 0.5) is 0 Å². The number of thiazole rings is 1. The average molecular weight is 276 g/mol. The van der Waals surface area contributed by atoms with Crippen molar-refractivity contribution in [1.29, 1.82) is 0 Å². The third kappa shape index (κ3) is 2.69. The molecule has 3 rings (SSSR count). The van der Waals surface area contributed by atoms with Crippen molar-refractivity contribution in [2.75, 3.05) is 0 Å². The van der Waals surface area contributed by atoms with Gasteiger partial charge in [0.2, 0.25) is 4.96 Å². The Hall–Kier alpha value is -1.66. The van der Waals surface area contributed by atoms with E-state index >= 15 is 0 Å². The lowest BCUT2D eigenvalue weighted by atomic mass is 10.2. The third-order valence-corrected chi connectivity index (χ3v) is 3.76. The Morgan fingerprint density at radius 1 is 1.47 bits per heavy atom. The molecule has 0 aromatic carbocycles. The fraction of sp³-hybridized carbons (Fsp3) is 0.385. The first-order valence-electron chi connectivity index (χ1n) is 6.32. The van der Waals surface area contributed by atoms with E-state index in [1.165, 1.54) is 0 Å². The van der Waals surface area contributed by atoms with Gasteiger partial charge >= 0.3 is 0 Å². The molecule has 19 heavy (non-hydrogen) atoms. The molecule has 0 aliphatic rings. The van der Waals surface area contributed by atoms with Gasteiger partial charge < -0.3 is 10.2 Å². The minimum atomic E-state index is 0.133. The topological polar surface area (TPSA) is 69.3 Å². The van der Waals surface area contributed by atoms with Crippen molar-refractivity contribution < 1.29 is 4.42 Å². The van der Waals surface area contributed by atoms with E-state index in [1.807, 2.05) is 23.6 Å². The van der Waals surface area contributed by atoms with Gasteiger partial charge in [-0.3, -0.25) is 0 Å². The van der Waals surface area contributed by atoms with Gasteiger partial charge in [0.1, 0.15) is 5.76 Å². The van der Waals surface area contributed by atoms with Gasteiger partial charge in [-0.1, -0.05) is 0 Å². The number of rotatable bonds is 5. The molecule has 3 aromatic heterocycles. The van der Waals surface area contributed by atoms with Gasteiger partial charge in [-0.25, -0.2) is 9.50 Å². The second-order valence-corrected chi connectivity index (χ2v) is 5.55. The highest BCUT2D eigenvalue weighted by molar-refractivity contribution is 7.15. The highest BCUT2D eigenvalue weighted by atomic mass is 32.1. The van der Waals surface area contributed by atoms with E-state index in [0.29, 0.717) is 0 Å². The van der Waals surface area contributed by atoms with Gasteiger partial charge in [-0.15, -0.1) is 11.3 Å². The van der Waals surface area contributed by atoms with E-state index in [1.54, 1.807) is 17.6 Å². The van der Waals surface area contributed by atoms with Crippen molar-refractivity contribution in [2.24, 2.45) is 5.73 Å². The van der Waals surface area contributed by atoms with E-state index in [2.05, 4.69) is 15.5 Å². The second-order valence-electron chi connectivity index (χ2n) is 4.71. The standard InChI is InChI=1S/C13H16N4OS/c1-9(14)7-10-8-19-13-15-12(16-17(10)13)5-4-11-3-2-6-18-11/h2-3,6,8-9H,4-5,7,14H2,1H3. The van der Waals surface area contributed by atoms with Crippen LogP contribution in [0.2, 0.25) is 0 Å². The van der Waals surface area contributed by atoms with Gasteiger partial charge in [0.15, 0.2) is 5.82 Å². The van der Waals surface area contributed by atoms with Crippen molar-refractivity contribution in [3.8, 4) is 0 Å². The van der Waals surface area contributed by atoms with Crippen LogP contribution < -0.4 is 5.73 Å². The minimum absolute atomic E-state index is 0.133. The van der Waals surface area contributed by atoms with E-state index < -0.39 is 0 Å². The lowest BCUT2D eigenvalue weighted by Gasteiger charge is -2.01. The molecule has 0 bridgehead atoms. The zero-order chi connectivity index (χ0) is 13.2. The summed E-state index contributed by atoms with van der Waals surface area (Å²) in [7, 11) is 0. The first-order valence-corrected chi connectivity index (χ1v) is 7.20. The molecule has 6 heteroatoms. The number of aromatic nitrogens is 3. The number of hydrogen-bond acceptors (Lipinski definition) is 5. The molecule has 0 aliphatic heterocycles. The van der Waals surface area contributed by atoms with Gasteiger partial charge in [-0.2, -0.15) is 5.10 Å². The van der Waals surface area contributed by atoms with E-state index in [-0.39, 0.29) is 6.04 Å². The zero-order valence-corrected chi connectivity index (χ0v) is 11.6. The predicted molar refractivity (Wildman–Crippen MR) is 74.3 cm³/mol. The largest absolute Gasteiger partial charge is 0.469 e. The maximum Gasteiger partial charge on any atom is 0.212 e. The van der Waals surface area contributed by atoms with Crippen molar-refractivity contribution in [2.45, 2.75) is 32.2 Å². The first kappa shape index (κ1) is 12.4. The van der Waals surface area contributed by atoms with Crippen LogP contribution in [0.3, 0.4) is 0 Å². The molecule has 2 N–H and O–H groups in total. The summed E-state index contributed by atoms with van der Waals surface area (Å²) in [6.45, 7) is 2.00. The molecule has 0 radical (unpaired) electrons. The Balaban J connectivity index is 1.76. The summed E-state index contributed by atoms with van der Waals surface area (Å²) in [4.78, 5) is 5.46. The number of nitrogens with zero attached hydrogens (tertiary/aromatic N) is 3. The Bertz CT molecular complexity index is 653. The fourth-order valence-electron chi connectivity index (χ4n) is 2.03. The highest BCUT2D eigenvalue weighted by Crippen LogP contribution is 2.16. The van der Waals surface area contributed by atoms with Crippen molar-refractivity contribution >= 4 is 16.3 Å². The molecule has 5 nitrogen and oxygen atoms in total. The first-order chi connectivity index (χ1) is 9.22. The maximum absolute atomic E-state index is 5.84. The van der Waals surface area contributed by atoms with Crippen molar-refractivity contribution in [3.05, 3.63) is 41.1 Å². The molecule has 0 saturated heterocycles. The van der Waals surface area contributed by atoms with Crippen LogP contribution in [0.15, 0.2) is 28.2 Å². The number of fused-ring (bicyclic) bond motifs is 1. The summed E-state index contributed by atoms with van der Waals surface area (Å²) in [5.74, 6) is 1.82. The van der Waals surface area contributed by atoms with Gasteiger partial charge in [0.05, 0.1) is 12.0 Å². The Kier molecular flexibility index (Phi) is 3.35. The molecule has 3 heterocycles. The molecular weight excluding hydrogens is 260 g/mol. The summed E-state index contributed by atoms with van der Waals surface area (Å²) in [5.41, 5.74) is 6.97. The highest BCUT2D eigenvalue weighted by Gasteiger charge is 2.11. The SMILES string of the molecule is CC(N)Cc1csc2nc(CCc3ccco3)nn12. The van der Waals surface area contributed by atoms with Crippen LogP contribution in [-0.4, -0.2) is 20.6 Å². The van der Waals surface area contributed by atoms with Crippen LogP contribution in [-0.2, 0) is 19.3 Å². The van der Waals surface area contributed by atoms with Crippen molar-refractivity contribution in [1.82, 2.24) is 14.6 Å². The van der Waals surface area contributed by atoms with Crippen LogP contribution in [0, 0.1) is 0 Å². The normalized spacial score (nSPS) is 13.2.